The number of rotatable bonds is 7. The number of nitro groups is 1. The molecule has 1 N–H and O–H groups in total. The topological polar surface area (TPSA) is 125 Å². The van der Waals surface area contributed by atoms with E-state index < -0.39 is 16.6 Å². The molecule has 32 heavy (non-hydrogen) atoms. The van der Waals surface area contributed by atoms with Gasteiger partial charge in [-0.15, -0.1) is 0 Å². The van der Waals surface area contributed by atoms with Crippen LogP contribution in [0.25, 0.3) is 11.0 Å². The van der Waals surface area contributed by atoms with Crippen LogP contribution >= 0.6 is 0 Å². The van der Waals surface area contributed by atoms with Crippen molar-refractivity contribution in [2.75, 3.05) is 6.54 Å². The Labute approximate surface area is 180 Å². The van der Waals surface area contributed by atoms with E-state index in [4.69, 9.17) is 0 Å². The Morgan fingerprint density at radius 3 is 2.78 bits per heavy atom. The largest absolute Gasteiger partial charge is 0.350 e. The maximum Gasteiger partial charge on any atom is 0.270 e. The van der Waals surface area contributed by atoms with Gasteiger partial charge in [0.05, 0.1) is 24.2 Å². The van der Waals surface area contributed by atoms with Gasteiger partial charge in [0, 0.05) is 29.8 Å². The minimum atomic E-state index is -0.572. The van der Waals surface area contributed by atoms with E-state index in [9.17, 15) is 24.1 Å². The molecule has 0 aliphatic carbocycles. The number of hydrogen-bond donors (Lipinski definition) is 1. The summed E-state index contributed by atoms with van der Waals surface area (Å²) in [5, 5.41) is 17.9. The molecule has 1 amide bonds. The summed E-state index contributed by atoms with van der Waals surface area (Å²) in [6.07, 6.45) is 2.71. The minimum absolute atomic E-state index is 0.0406. The molecule has 11 heteroatoms. The normalized spacial score (nSPS) is 10.9. The summed E-state index contributed by atoms with van der Waals surface area (Å²) in [6.45, 7) is 0.436. The number of aromatic nitrogens is 4. The second kappa shape index (κ2) is 8.76. The molecule has 0 bridgehead atoms. The molecule has 162 valence electrons. The van der Waals surface area contributed by atoms with Crippen molar-refractivity contribution in [3.63, 3.8) is 0 Å². The summed E-state index contributed by atoms with van der Waals surface area (Å²) in [5.41, 5.74) is 0.340. The van der Waals surface area contributed by atoms with Gasteiger partial charge in [-0.2, -0.15) is 5.10 Å². The number of halogens is 1. The van der Waals surface area contributed by atoms with Gasteiger partial charge in [0.15, 0.2) is 5.65 Å². The Hall–Kier alpha value is -4.41. The Morgan fingerprint density at radius 2 is 2.00 bits per heavy atom. The lowest BCUT2D eigenvalue weighted by atomic mass is 10.2. The van der Waals surface area contributed by atoms with Gasteiger partial charge in [0.1, 0.15) is 17.5 Å². The van der Waals surface area contributed by atoms with Crippen LogP contribution in [-0.4, -0.2) is 36.7 Å². The number of nitro benzene ring substituents is 1. The molecule has 4 rings (SSSR count). The third-order valence-electron chi connectivity index (χ3n) is 4.85. The van der Waals surface area contributed by atoms with Crippen LogP contribution in [0.2, 0.25) is 0 Å². The summed E-state index contributed by atoms with van der Waals surface area (Å²) in [4.78, 5) is 39.5. The van der Waals surface area contributed by atoms with Crippen LogP contribution in [-0.2, 0) is 13.1 Å². The molecule has 0 radical (unpaired) electrons. The van der Waals surface area contributed by atoms with E-state index in [0.29, 0.717) is 11.2 Å². The lowest BCUT2D eigenvalue weighted by Crippen LogP contribution is -2.28. The van der Waals surface area contributed by atoms with Crippen LogP contribution in [0.4, 0.5) is 10.1 Å². The number of nitrogens with zero attached hydrogens (tertiary/aromatic N) is 5. The van der Waals surface area contributed by atoms with Gasteiger partial charge in [-0.1, -0.05) is 24.3 Å². The predicted molar refractivity (Wildman–Crippen MR) is 113 cm³/mol. The molecule has 0 fully saturated rings. The van der Waals surface area contributed by atoms with Crippen LogP contribution in [0.5, 0.6) is 0 Å². The average Bonchev–Trinajstić information content (AvgIpc) is 3.21. The van der Waals surface area contributed by atoms with E-state index in [1.54, 1.807) is 18.2 Å². The summed E-state index contributed by atoms with van der Waals surface area (Å²) in [7, 11) is 0. The first-order valence-corrected chi connectivity index (χ1v) is 9.61. The molecule has 0 atom stereocenters. The van der Waals surface area contributed by atoms with Gasteiger partial charge in [-0.3, -0.25) is 24.3 Å². The van der Waals surface area contributed by atoms with Crippen molar-refractivity contribution in [1.29, 1.82) is 0 Å². The van der Waals surface area contributed by atoms with E-state index in [2.05, 4.69) is 15.4 Å². The van der Waals surface area contributed by atoms with Crippen LogP contribution in [0.15, 0.2) is 65.8 Å². The van der Waals surface area contributed by atoms with Gasteiger partial charge in [-0.25, -0.2) is 14.1 Å². The summed E-state index contributed by atoms with van der Waals surface area (Å²) >= 11 is 0. The van der Waals surface area contributed by atoms with Crippen molar-refractivity contribution >= 4 is 22.6 Å². The molecule has 0 unspecified atom stereocenters. The maximum absolute atomic E-state index is 13.9. The third kappa shape index (κ3) is 4.21. The number of amides is 1. The molecule has 2 aromatic heterocycles. The van der Waals surface area contributed by atoms with E-state index in [0.717, 1.165) is 0 Å². The quantitative estimate of drug-likeness (QED) is 0.349. The van der Waals surface area contributed by atoms with E-state index >= 15 is 0 Å². The first-order chi connectivity index (χ1) is 15.4. The summed E-state index contributed by atoms with van der Waals surface area (Å²) < 4.78 is 16.7. The lowest BCUT2D eigenvalue weighted by molar-refractivity contribution is -0.384. The Bertz CT molecular complexity index is 1380. The molecule has 10 nitrogen and oxygen atoms in total. The maximum atomic E-state index is 13.9. The highest BCUT2D eigenvalue weighted by Gasteiger charge is 2.13. The molecule has 4 aromatic rings. The van der Waals surface area contributed by atoms with Gasteiger partial charge >= 0.3 is 0 Å². The first-order valence-electron chi connectivity index (χ1n) is 9.61. The zero-order valence-corrected chi connectivity index (χ0v) is 16.6. The van der Waals surface area contributed by atoms with Crippen molar-refractivity contribution < 1.29 is 14.1 Å². The number of non-ortho nitro benzene ring substituents is 1. The molecular formula is C21H17FN6O4. The van der Waals surface area contributed by atoms with Crippen molar-refractivity contribution in [2.45, 2.75) is 13.1 Å². The monoisotopic (exact) mass is 436 g/mol. The Balaban J connectivity index is 1.45. The number of hydrogen-bond acceptors (Lipinski definition) is 6. The fourth-order valence-corrected chi connectivity index (χ4v) is 3.22. The Kier molecular flexibility index (Phi) is 5.71. The molecule has 0 saturated carbocycles. The summed E-state index contributed by atoms with van der Waals surface area (Å²) in [5.74, 6) is -0.875. The molecule has 2 heterocycles. The van der Waals surface area contributed by atoms with Crippen molar-refractivity contribution in [3.05, 3.63) is 98.5 Å². The van der Waals surface area contributed by atoms with Gasteiger partial charge in [0.25, 0.3) is 17.2 Å². The number of benzene rings is 2. The number of fused-ring (bicyclic) bond motifs is 1. The predicted octanol–water partition coefficient (Wildman–Crippen LogP) is 2.12. The highest BCUT2D eigenvalue weighted by atomic mass is 19.1. The van der Waals surface area contributed by atoms with E-state index in [-0.39, 0.29) is 41.8 Å². The summed E-state index contributed by atoms with van der Waals surface area (Å²) in [6, 6.07) is 11.6. The van der Waals surface area contributed by atoms with Crippen LogP contribution in [0.3, 0.4) is 0 Å². The molecule has 0 saturated heterocycles. The van der Waals surface area contributed by atoms with Crippen molar-refractivity contribution in [1.82, 2.24) is 24.6 Å². The van der Waals surface area contributed by atoms with Gasteiger partial charge in [0.2, 0.25) is 0 Å². The lowest BCUT2D eigenvalue weighted by Gasteiger charge is -2.08. The van der Waals surface area contributed by atoms with Gasteiger partial charge in [-0.05, 0) is 12.1 Å². The van der Waals surface area contributed by atoms with Crippen molar-refractivity contribution in [2.24, 2.45) is 0 Å². The molecule has 2 aromatic carbocycles. The van der Waals surface area contributed by atoms with Crippen LogP contribution in [0.1, 0.15) is 15.9 Å². The second-order valence-corrected chi connectivity index (χ2v) is 6.94. The molecule has 0 aliphatic heterocycles. The first kappa shape index (κ1) is 20.8. The van der Waals surface area contributed by atoms with Crippen LogP contribution in [0, 0.1) is 15.9 Å². The second-order valence-electron chi connectivity index (χ2n) is 6.94. The minimum Gasteiger partial charge on any atom is -0.350 e. The zero-order valence-electron chi connectivity index (χ0n) is 16.6. The highest BCUT2D eigenvalue weighted by Crippen LogP contribution is 2.13. The highest BCUT2D eigenvalue weighted by molar-refractivity contribution is 5.94. The molecule has 0 spiro atoms. The standard InChI is InChI=1S/C21H17FN6O4/c22-18-7-2-1-4-15(18)12-26-13-24-19-17(21(26)30)11-25-27(19)9-8-23-20(29)14-5-3-6-16(10-14)28(31)32/h1-7,10-11,13H,8-9,12H2,(H,23,29). The fourth-order valence-electron chi connectivity index (χ4n) is 3.22. The number of carbonyl (C=O) groups excluding carboxylic acids is 1. The smallest absolute Gasteiger partial charge is 0.270 e. The molecular weight excluding hydrogens is 419 g/mol. The van der Waals surface area contributed by atoms with Crippen molar-refractivity contribution in [3.8, 4) is 0 Å². The fraction of sp³-hybridized carbons (Fsp3) is 0.143. The average molecular weight is 436 g/mol. The van der Waals surface area contributed by atoms with Crippen LogP contribution < -0.4 is 10.9 Å². The van der Waals surface area contributed by atoms with Gasteiger partial charge < -0.3 is 5.32 Å². The van der Waals surface area contributed by atoms with E-state index in [1.165, 1.54) is 52.1 Å². The number of nitrogens with one attached hydrogen (secondary N) is 1. The number of carbonyl (C=O) groups is 1. The Morgan fingerprint density at radius 1 is 1.19 bits per heavy atom. The molecule has 0 aliphatic rings. The SMILES string of the molecule is O=C(NCCn1ncc2c(=O)n(Cc3ccccc3F)cnc21)c1cccc([N+](=O)[O-])c1. The van der Waals surface area contributed by atoms with E-state index in [1.807, 2.05) is 0 Å². The third-order valence-corrected chi connectivity index (χ3v) is 4.85. The zero-order chi connectivity index (χ0) is 22.7.